The van der Waals surface area contributed by atoms with Crippen molar-refractivity contribution in [3.63, 3.8) is 0 Å². The maximum atomic E-state index is 12.8. The SMILES string of the molecule is CCc1nnc(/C(=C/c2ccc(F)cc2)C(=O)O)o1. The summed E-state index contributed by atoms with van der Waals surface area (Å²) in [6.45, 7) is 1.82. The lowest BCUT2D eigenvalue weighted by atomic mass is 10.1. The van der Waals surface area contributed by atoms with Gasteiger partial charge in [-0.25, -0.2) is 9.18 Å². The van der Waals surface area contributed by atoms with E-state index in [0.29, 0.717) is 17.9 Å². The topological polar surface area (TPSA) is 76.2 Å². The second-order valence-corrected chi connectivity index (χ2v) is 3.77. The third-order valence-corrected chi connectivity index (χ3v) is 2.41. The number of benzene rings is 1. The summed E-state index contributed by atoms with van der Waals surface area (Å²) in [6, 6.07) is 5.43. The molecule has 1 N–H and O–H groups in total. The van der Waals surface area contributed by atoms with Gasteiger partial charge in [-0.1, -0.05) is 19.1 Å². The standard InChI is InChI=1S/C13H11FN2O3/c1-2-11-15-16-12(19-11)10(13(17)18)7-8-3-5-9(14)6-4-8/h3-7H,2H2,1H3,(H,17,18)/b10-7-. The van der Waals surface area contributed by atoms with Crippen LogP contribution in [0.5, 0.6) is 0 Å². The molecule has 1 aromatic carbocycles. The Morgan fingerprint density at radius 1 is 1.37 bits per heavy atom. The number of nitrogens with zero attached hydrogens (tertiary/aromatic N) is 2. The minimum Gasteiger partial charge on any atom is -0.477 e. The maximum Gasteiger partial charge on any atom is 0.341 e. The largest absolute Gasteiger partial charge is 0.477 e. The maximum absolute atomic E-state index is 12.8. The van der Waals surface area contributed by atoms with E-state index in [4.69, 9.17) is 9.52 Å². The van der Waals surface area contributed by atoms with Gasteiger partial charge in [0.15, 0.2) is 0 Å². The molecule has 6 heteroatoms. The third kappa shape index (κ3) is 3.04. The first-order valence-electron chi connectivity index (χ1n) is 5.63. The molecular formula is C13H11FN2O3. The highest BCUT2D eigenvalue weighted by Crippen LogP contribution is 2.18. The Hall–Kier alpha value is -2.50. The Bertz CT molecular complexity index is 617. The van der Waals surface area contributed by atoms with Crippen molar-refractivity contribution < 1.29 is 18.7 Å². The lowest BCUT2D eigenvalue weighted by Crippen LogP contribution is -2.00. The minimum atomic E-state index is -1.18. The molecule has 0 saturated carbocycles. The van der Waals surface area contributed by atoms with Crippen LogP contribution in [0.1, 0.15) is 24.3 Å². The van der Waals surface area contributed by atoms with Gasteiger partial charge >= 0.3 is 5.97 Å². The number of hydrogen-bond donors (Lipinski definition) is 1. The molecule has 0 atom stereocenters. The van der Waals surface area contributed by atoms with Crippen molar-refractivity contribution in [3.8, 4) is 0 Å². The Kier molecular flexibility index (Phi) is 3.70. The van der Waals surface area contributed by atoms with E-state index in [1.807, 2.05) is 6.92 Å². The van der Waals surface area contributed by atoms with Gasteiger partial charge in [-0.2, -0.15) is 0 Å². The van der Waals surface area contributed by atoms with Crippen LogP contribution >= 0.6 is 0 Å². The summed E-state index contributed by atoms with van der Waals surface area (Å²) < 4.78 is 18.0. The summed E-state index contributed by atoms with van der Waals surface area (Å²) in [5.41, 5.74) is 0.411. The van der Waals surface area contributed by atoms with Gasteiger partial charge in [-0.3, -0.25) is 0 Å². The highest BCUT2D eigenvalue weighted by atomic mass is 19.1. The number of carbonyl (C=O) groups is 1. The molecule has 0 unspecified atom stereocenters. The first-order chi connectivity index (χ1) is 9.10. The van der Waals surface area contributed by atoms with Gasteiger partial charge in [0.1, 0.15) is 11.4 Å². The molecule has 1 aromatic heterocycles. The van der Waals surface area contributed by atoms with Crippen molar-refractivity contribution in [2.45, 2.75) is 13.3 Å². The smallest absolute Gasteiger partial charge is 0.341 e. The van der Waals surface area contributed by atoms with Crippen molar-refractivity contribution >= 4 is 17.6 Å². The van der Waals surface area contributed by atoms with Crippen molar-refractivity contribution in [2.75, 3.05) is 0 Å². The molecule has 2 rings (SSSR count). The molecule has 5 nitrogen and oxygen atoms in total. The molecule has 2 aromatic rings. The lowest BCUT2D eigenvalue weighted by molar-refractivity contribution is -0.130. The molecule has 0 spiro atoms. The third-order valence-electron chi connectivity index (χ3n) is 2.41. The van der Waals surface area contributed by atoms with E-state index in [2.05, 4.69) is 10.2 Å². The van der Waals surface area contributed by atoms with E-state index < -0.39 is 5.97 Å². The molecule has 0 aliphatic heterocycles. The monoisotopic (exact) mass is 262 g/mol. The number of halogens is 1. The summed E-state index contributed by atoms with van der Waals surface area (Å²) in [6.07, 6.45) is 1.88. The van der Waals surface area contributed by atoms with Crippen molar-refractivity contribution in [3.05, 3.63) is 47.4 Å². The minimum absolute atomic E-state index is 0.0614. The van der Waals surface area contributed by atoms with E-state index in [0.717, 1.165) is 0 Å². The van der Waals surface area contributed by atoms with Crippen LogP contribution in [0.2, 0.25) is 0 Å². The molecule has 0 amide bonds. The van der Waals surface area contributed by atoms with Crippen LogP contribution in [0, 0.1) is 5.82 Å². The second-order valence-electron chi connectivity index (χ2n) is 3.77. The molecule has 0 fully saturated rings. The summed E-state index contributed by atoms with van der Waals surface area (Å²) in [4.78, 5) is 11.2. The summed E-state index contributed by atoms with van der Waals surface area (Å²) in [5.74, 6) is -1.27. The first kappa shape index (κ1) is 12.9. The van der Waals surface area contributed by atoms with Crippen LogP contribution in [0.15, 0.2) is 28.7 Å². The van der Waals surface area contributed by atoms with Crippen LogP contribution < -0.4 is 0 Å². The number of carboxylic acids is 1. The lowest BCUT2D eigenvalue weighted by Gasteiger charge is -1.97. The Morgan fingerprint density at radius 3 is 2.58 bits per heavy atom. The number of aryl methyl sites for hydroxylation is 1. The fourth-order valence-corrected chi connectivity index (χ4v) is 1.45. The summed E-state index contributed by atoms with van der Waals surface area (Å²) in [7, 11) is 0. The highest BCUT2D eigenvalue weighted by molar-refractivity contribution is 6.19. The molecular weight excluding hydrogens is 251 g/mol. The number of rotatable bonds is 4. The summed E-state index contributed by atoms with van der Waals surface area (Å²) in [5, 5.41) is 16.5. The van der Waals surface area contributed by atoms with Gasteiger partial charge in [0, 0.05) is 6.42 Å². The van der Waals surface area contributed by atoms with Crippen molar-refractivity contribution in [1.29, 1.82) is 0 Å². The quantitative estimate of drug-likeness (QED) is 0.856. The normalized spacial score (nSPS) is 11.6. The molecule has 1 heterocycles. The van der Waals surface area contributed by atoms with Crippen molar-refractivity contribution in [1.82, 2.24) is 10.2 Å². The van der Waals surface area contributed by atoms with E-state index in [9.17, 15) is 9.18 Å². The average Bonchev–Trinajstić information content (AvgIpc) is 2.86. The van der Waals surface area contributed by atoms with Crippen LogP contribution in [0.4, 0.5) is 4.39 Å². The summed E-state index contributed by atoms with van der Waals surface area (Å²) >= 11 is 0. The van der Waals surface area contributed by atoms with E-state index in [1.165, 1.54) is 30.3 Å². The van der Waals surface area contributed by atoms with Crippen LogP contribution in [0.25, 0.3) is 11.6 Å². The van der Waals surface area contributed by atoms with Gasteiger partial charge in [0.25, 0.3) is 5.89 Å². The highest BCUT2D eigenvalue weighted by Gasteiger charge is 2.17. The van der Waals surface area contributed by atoms with Crippen LogP contribution in [0.3, 0.4) is 0 Å². The zero-order chi connectivity index (χ0) is 13.8. The predicted octanol–water partition coefficient (Wildman–Crippen LogP) is 2.40. The zero-order valence-corrected chi connectivity index (χ0v) is 10.1. The van der Waals surface area contributed by atoms with Gasteiger partial charge in [0.05, 0.1) is 0 Å². The molecule has 98 valence electrons. The van der Waals surface area contributed by atoms with E-state index in [-0.39, 0.29) is 17.3 Å². The predicted molar refractivity (Wildman–Crippen MR) is 65.6 cm³/mol. The average molecular weight is 262 g/mol. The van der Waals surface area contributed by atoms with Gasteiger partial charge < -0.3 is 9.52 Å². The zero-order valence-electron chi connectivity index (χ0n) is 10.1. The molecule has 0 bridgehead atoms. The van der Waals surface area contributed by atoms with Gasteiger partial charge in [-0.05, 0) is 23.8 Å². The van der Waals surface area contributed by atoms with E-state index in [1.54, 1.807) is 0 Å². The number of aromatic nitrogens is 2. The number of hydrogen-bond acceptors (Lipinski definition) is 4. The molecule has 0 radical (unpaired) electrons. The fourth-order valence-electron chi connectivity index (χ4n) is 1.45. The van der Waals surface area contributed by atoms with Gasteiger partial charge in [0.2, 0.25) is 5.89 Å². The Balaban J connectivity index is 2.39. The Morgan fingerprint density at radius 2 is 2.05 bits per heavy atom. The molecule has 0 aliphatic rings. The Labute approximate surface area is 108 Å². The molecule has 0 aliphatic carbocycles. The second kappa shape index (κ2) is 5.43. The van der Waals surface area contributed by atoms with Crippen molar-refractivity contribution in [2.24, 2.45) is 0 Å². The number of carboxylic acid groups (broad SMARTS) is 1. The van der Waals surface area contributed by atoms with Gasteiger partial charge in [-0.15, -0.1) is 10.2 Å². The number of aliphatic carboxylic acids is 1. The fraction of sp³-hybridized carbons (Fsp3) is 0.154. The van der Waals surface area contributed by atoms with E-state index >= 15 is 0 Å². The molecule has 19 heavy (non-hydrogen) atoms. The van der Waals surface area contributed by atoms with Crippen LogP contribution in [-0.4, -0.2) is 21.3 Å². The first-order valence-corrected chi connectivity index (χ1v) is 5.63. The van der Waals surface area contributed by atoms with Crippen LogP contribution in [-0.2, 0) is 11.2 Å². The molecule has 0 saturated heterocycles.